The Morgan fingerprint density at radius 2 is 1.97 bits per heavy atom. The van der Waals surface area contributed by atoms with Crippen LogP contribution in [0.5, 0.6) is 0 Å². The van der Waals surface area contributed by atoms with Gasteiger partial charge in [-0.25, -0.2) is 12.8 Å². The van der Waals surface area contributed by atoms with Gasteiger partial charge >= 0.3 is 0 Å². The van der Waals surface area contributed by atoms with Crippen LogP contribution in [0.2, 0.25) is 0 Å². The average molecular weight is 464 g/mol. The van der Waals surface area contributed by atoms with Crippen LogP contribution >= 0.6 is 0 Å². The molecule has 1 aromatic carbocycles. The molecule has 2 aliphatic heterocycles. The Labute approximate surface area is 182 Å². The number of aliphatic hydroxyl groups excluding tert-OH is 1. The molecule has 3 N–H and O–H groups in total. The number of nitrogens with one attached hydrogen (secondary N) is 2. The SMILES string of the molecule is O=C(NCc1ccc(F)cc1)c1cn2c(c(S(=O)(=O)CO)c1=O)C(=O)N1CCCNC1C2. The quantitative estimate of drug-likeness (QED) is 0.538. The molecule has 2 aliphatic rings. The lowest BCUT2D eigenvalue weighted by Gasteiger charge is -2.41. The number of amides is 2. The molecule has 170 valence electrons. The highest BCUT2D eigenvalue weighted by Crippen LogP contribution is 2.24. The minimum Gasteiger partial charge on any atom is -0.380 e. The fourth-order valence-corrected chi connectivity index (χ4v) is 4.93. The van der Waals surface area contributed by atoms with E-state index in [1.54, 1.807) is 0 Å². The van der Waals surface area contributed by atoms with Gasteiger partial charge in [0.25, 0.3) is 11.8 Å². The molecule has 12 heteroatoms. The average Bonchev–Trinajstić information content (AvgIpc) is 2.78. The number of carbonyl (C=O) groups excluding carboxylic acids is 2. The molecule has 2 aromatic rings. The van der Waals surface area contributed by atoms with Gasteiger partial charge < -0.3 is 19.9 Å². The third-order valence-electron chi connectivity index (χ3n) is 5.50. The minimum atomic E-state index is -4.54. The van der Waals surface area contributed by atoms with Crippen LogP contribution in [-0.2, 0) is 22.9 Å². The second-order valence-electron chi connectivity index (χ2n) is 7.58. The summed E-state index contributed by atoms with van der Waals surface area (Å²) in [4.78, 5) is 39.4. The summed E-state index contributed by atoms with van der Waals surface area (Å²) >= 11 is 0. The summed E-state index contributed by atoms with van der Waals surface area (Å²) in [6.45, 7) is 1.16. The first-order valence-electron chi connectivity index (χ1n) is 9.91. The van der Waals surface area contributed by atoms with Crippen LogP contribution in [0.25, 0.3) is 0 Å². The highest BCUT2D eigenvalue weighted by molar-refractivity contribution is 7.91. The third kappa shape index (κ3) is 3.92. The Bertz CT molecular complexity index is 1240. The summed E-state index contributed by atoms with van der Waals surface area (Å²) in [7, 11) is -4.54. The van der Waals surface area contributed by atoms with Crippen molar-refractivity contribution in [2.45, 2.75) is 30.6 Å². The number of halogens is 1. The Balaban J connectivity index is 1.76. The van der Waals surface area contributed by atoms with Crippen LogP contribution in [0.4, 0.5) is 4.39 Å². The number of benzene rings is 1. The van der Waals surface area contributed by atoms with Crippen molar-refractivity contribution in [3.8, 4) is 0 Å². The van der Waals surface area contributed by atoms with Gasteiger partial charge in [0.2, 0.25) is 15.3 Å². The summed E-state index contributed by atoms with van der Waals surface area (Å²) < 4.78 is 39.5. The Hall–Kier alpha value is -3.09. The molecular formula is C20H21FN4O6S. The number of aliphatic hydroxyl groups is 1. The maximum atomic E-state index is 13.1. The van der Waals surface area contributed by atoms with Crippen molar-refractivity contribution in [2.75, 3.05) is 19.0 Å². The van der Waals surface area contributed by atoms with Gasteiger partial charge in [-0.3, -0.25) is 19.7 Å². The highest BCUT2D eigenvalue weighted by Gasteiger charge is 2.40. The van der Waals surface area contributed by atoms with Crippen molar-refractivity contribution < 1.29 is 27.5 Å². The maximum Gasteiger partial charge on any atom is 0.273 e. The monoisotopic (exact) mass is 464 g/mol. The normalized spacial score (nSPS) is 18.1. The molecule has 4 rings (SSSR count). The van der Waals surface area contributed by atoms with E-state index in [-0.39, 0.29) is 18.8 Å². The van der Waals surface area contributed by atoms with Crippen LogP contribution in [0.3, 0.4) is 0 Å². The van der Waals surface area contributed by atoms with E-state index in [9.17, 15) is 32.3 Å². The molecule has 0 spiro atoms. The number of pyridine rings is 1. The predicted octanol–water partition coefficient (Wildman–Crippen LogP) is -0.584. The van der Waals surface area contributed by atoms with Crippen molar-refractivity contribution in [3.63, 3.8) is 0 Å². The molecule has 0 bridgehead atoms. The first-order chi connectivity index (χ1) is 15.2. The zero-order valence-corrected chi connectivity index (χ0v) is 17.7. The molecular weight excluding hydrogens is 443 g/mol. The molecule has 0 saturated carbocycles. The Morgan fingerprint density at radius 1 is 1.25 bits per heavy atom. The van der Waals surface area contributed by atoms with Crippen LogP contribution < -0.4 is 16.1 Å². The summed E-state index contributed by atoms with van der Waals surface area (Å²) in [5.74, 6) is -3.33. The maximum absolute atomic E-state index is 13.1. The summed E-state index contributed by atoms with van der Waals surface area (Å²) in [5.41, 5.74) is -1.42. The topological polar surface area (TPSA) is 138 Å². The number of rotatable bonds is 5. The predicted molar refractivity (Wildman–Crippen MR) is 110 cm³/mol. The summed E-state index contributed by atoms with van der Waals surface area (Å²) in [6, 6.07) is 5.35. The lowest BCUT2D eigenvalue weighted by molar-refractivity contribution is 0.0460. The number of hydrogen-bond donors (Lipinski definition) is 3. The van der Waals surface area contributed by atoms with Crippen LogP contribution in [-0.4, -0.2) is 60.0 Å². The van der Waals surface area contributed by atoms with Gasteiger partial charge in [-0.2, -0.15) is 0 Å². The van der Waals surface area contributed by atoms with Gasteiger partial charge in [-0.05, 0) is 30.7 Å². The van der Waals surface area contributed by atoms with Gasteiger partial charge in [-0.15, -0.1) is 0 Å². The van der Waals surface area contributed by atoms with Crippen molar-refractivity contribution >= 4 is 21.7 Å². The van der Waals surface area contributed by atoms with Crippen molar-refractivity contribution in [1.82, 2.24) is 20.1 Å². The van der Waals surface area contributed by atoms with E-state index in [1.165, 1.54) is 39.9 Å². The highest BCUT2D eigenvalue weighted by atomic mass is 32.2. The minimum absolute atomic E-state index is 0.0285. The lowest BCUT2D eigenvalue weighted by atomic mass is 10.1. The molecule has 1 aromatic heterocycles. The Kier molecular flexibility index (Phi) is 5.84. The standard InChI is InChI=1S/C20H21FN4O6S/c21-13-4-2-12(3-5-13)8-23-19(28)14-9-24-10-15-22-6-1-7-25(15)20(29)16(24)18(17(14)27)32(30,31)11-26/h2-5,9,15,22,26H,1,6-8,10-11H2,(H,23,28). The van der Waals surface area contributed by atoms with Crippen LogP contribution in [0.1, 0.15) is 32.8 Å². The first-order valence-corrected chi connectivity index (χ1v) is 11.6. The molecule has 1 fully saturated rings. The zero-order valence-electron chi connectivity index (χ0n) is 16.9. The van der Waals surface area contributed by atoms with E-state index in [0.29, 0.717) is 25.1 Å². The number of aromatic nitrogens is 1. The fraction of sp³-hybridized carbons (Fsp3) is 0.350. The van der Waals surface area contributed by atoms with Crippen molar-refractivity contribution in [1.29, 1.82) is 0 Å². The molecule has 2 amide bonds. The fourth-order valence-electron chi connectivity index (χ4n) is 3.91. The smallest absolute Gasteiger partial charge is 0.273 e. The molecule has 1 atom stereocenters. The number of hydrogen-bond acceptors (Lipinski definition) is 7. The van der Waals surface area contributed by atoms with Gasteiger partial charge in [0.05, 0.1) is 6.54 Å². The van der Waals surface area contributed by atoms with Gasteiger partial charge in [0, 0.05) is 19.3 Å². The first kappa shape index (κ1) is 22.1. The second-order valence-corrected chi connectivity index (χ2v) is 9.47. The Morgan fingerprint density at radius 3 is 2.66 bits per heavy atom. The lowest BCUT2D eigenvalue weighted by Crippen LogP contribution is -2.59. The third-order valence-corrected chi connectivity index (χ3v) is 6.84. The summed E-state index contributed by atoms with van der Waals surface area (Å²) in [6.07, 6.45) is 1.42. The second kappa shape index (κ2) is 8.45. The number of fused-ring (bicyclic) bond motifs is 2. The van der Waals surface area contributed by atoms with Crippen LogP contribution in [0.15, 0.2) is 40.2 Å². The zero-order chi connectivity index (χ0) is 23.0. The molecule has 0 aliphatic carbocycles. The van der Waals surface area contributed by atoms with E-state index in [2.05, 4.69) is 10.6 Å². The van der Waals surface area contributed by atoms with E-state index < -0.39 is 55.5 Å². The number of sulfone groups is 1. The molecule has 1 unspecified atom stereocenters. The largest absolute Gasteiger partial charge is 0.380 e. The summed E-state index contributed by atoms with van der Waals surface area (Å²) in [5, 5.41) is 15.1. The van der Waals surface area contributed by atoms with Gasteiger partial charge in [0.15, 0.2) is 0 Å². The molecule has 1 saturated heterocycles. The molecule has 32 heavy (non-hydrogen) atoms. The number of nitrogens with zero attached hydrogens (tertiary/aromatic N) is 2. The van der Waals surface area contributed by atoms with Crippen molar-refractivity contribution in [3.05, 3.63) is 63.3 Å². The van der Waals surface area contributed by atoms with Gasteiger partial charge in [0.1, 0.15) is 34.1 Å². The van der Waals surface area contributed by atoms with E-state index in [0.717, 1.165) is 0 Å². The van der Waals surface area contributed by atoms with Crippen molar-refractivity contribution in [2.24, 2.45) is 0 Å². The van der Waals surface area contributed by atoms with E-state index >= 15 is 0 Å². The van der Waals surface area contributed by atoms with E-state index in [1.807, 2.05) is 0 Å². The van der Waals surface area contributed by atoms with Crippen LogP contribution in [0, 0.1) is 5.82 Å². The molecule has 0 radical (unpaired) electrons. The number of carbonyl (C=O) groups is 2. The van der Waals surface area contributed by atoms with Gasteiger partial charge in [-0.1, -0.05) is 12.1 Å². The molecule has 10 nitrogen and oxygen atoms in total. The molecule has 3 heterocycles. The van der Waals surface area contributed by atoms with E-state index in [4.69, 9.17) is 0 Å².